The highest BCUT2D eigenvalue weighted by Crippen LogP contribution is 2.36. The van der Waals surface area contributed by atoms with E-state index in [1.807, 2.05) is 6.92 Å². The number of nitrogens with one attached hydrogen (secondary N) is 1. The van der Waals surface area contributed by atoms with Gasteiger partial charge in [-0.15, -0.1) is 0 Å². The van der Waals surface area contributed by atoms with Crippen LogP contribution >= 0.6 is 11.6 Å². The molecule has 0 aromatic heterocycles. The molecule has 2 fully saturated rings. The van der Waals surface area contributed by atoms with E-state index >= 15 is 0 Å². The number of aliphatic hydroxyl groups excluding tert-OH is 2. The van der Waals surface area contributed by atoms with E-state index < -0.39 is 46.3 Å². The largest absolute Gasteiger partial charge is 0.503 e. The Morgan fingerprint density at radius 2 is 2.06 bits per heavy atom. The third-order valence-corrected chi connectivity index (χ3v) is 6.71. The summed E-state index contributed by atoms with van der Waals surface area (Å²) in [4.78, 5) is 29.1. The molecule has 4 rings (SSSR count). The lowest BCUT2D eigenvalue weighted by Gasteiger charge is -2.53. The summed E-state index contributed by atoms with van der Waals surface area (Å²) in [6, 6.07) is 1.79. The summed E-state index contributed by atoms with van der Waals surface area (Å²) in [5, 5.41) is 23.2. The lowest BCUT2D eigenvalue weighted by Crippen LogP contribution is -2.67. The van der Waals surface area contributed by atoms with Crippen molar-refractivity contribution in [2.45, 2.75) is 38.2 Å². The van der Waals surface area contributed by atoms with Crippen molar-refractivity contribution in [2.24, 2.45) is 5.92 Å². The summed E-state index contributed by atoms with van der Waals surface area (Å²) in [5.74, 6) is -4.87. The molecule has 1 amide bonds. The molecule has 174 valence electrons. The molecule has 3 aliphatic heterocycles. The Morgan fingerprint density at radius 3 is 2.78 bits per heavy atom. The number of carbonyl (C=O) groups is 2. The van der Waals surface area contributed by atoms with Crippen LogP contribution in [0.15, 0.2) is 23.6 Å². The van der Waals surface area contributed by atoms with Crippen LogP contribution in [0.2, 0.25) is 5.02 Å². The third kappa shape index (κ3) is 3.75. The number of rotatable bonds is 5. The van der Waals surface area contributed by atoms with Gasteiger partial charge < -0.3 is 24.7 Å². The smallest absolute Gasteiger partial charge is 0.274 e. The zero-order chi connectivity index (χ0) is 23.2. The van der Waals surface area contributed by atoms with Crippen LogP contribution in [0.25, 0.3) is 0 Å². The van der Waals surface area contributed by atoms with Gasteiger partial charge in [0.2, 0.25) is 5.78 Å². The van der Waals surface area contributed by atoms with Crippen molar-refractivity contribution >= 4 is 23.3 Å². The van der Waals surface area contributed by atoms with Crippen LogP contribution < -0.4 is 5.32 Å². The minimum atomic E-state index is -1.45. The fourth-order valence-corrected chi connectivity index (χ4v) is 4.86. The molecular formula is C21H24ClF2N3O5. The van der Waals surface area contributed by atoms with E-state index in [1.54, 1.807) is 9.80 Å². The van der Waals surface area contributed by atoms with E-state index in [0.29, 0.717) is 26.2 Å². The molecule has 4 atom stereocenters. The lowest BCUT2D eigenvalue weighted by atomic mass is 9.87. The maximum absolute atomic E-state index is 14.1. The Labute approximate surface area is 188 Å². The van der Waals surface area contributed by atoms with Crippen molar-refractivity contribution in [3.63, 3.8) is 0 Å². The first kappa shape index (κ1) is 22.9. The summed E-state index contributed by atoms with van der Waals surface area (Å²) in [7, 11) is 0. The van der Waals surface area contributed by atoms with Crippen molar-refractivity contribution in [1.82, 2.24) is 15.1 Å². The van der Waals surface area contributed by atoms with Crippen molar-refractivity contribution < 1.29 is 33.3 Å². The van der Waals surface area contributed by atoms with E-state index in [9.17, 15) is 28.6 Å². The number of nitrogens with zero attached hydrogens (tertiary/aromatic N) is 2. The van der Waals surface area contributed by atoms with Crippen molar-refractivity contribution in [3.05, 3.63) is 45.8 Å². The van der Waals surface area contributed by atoms with Gasteiger partial charge >= 0.3 is 0 Å². The number of ether oxygens (including phenoxy) is 1. The molecule has 2 saturated heterocycles. The van der Waals surface area contributed by atoms with Crippen LogP contribution in [-0.4, -0.2) is 76.3 Å². The molecule has 0 radical (unpaired) electrons. The van der Waals surface area contributed by atoms with E-state index in [-0.39, 0.29) is 36.4 Å². The highest BCUT2D eigenvalue weighted by molar-refractivity contribution is 6.30. The topological polar surface area (TPSA) is 102 Å². The number of halogens is 3. The Hall–Kier alpha value is -2.27. The normalized spacial score (nSPS) is 26.8. The Balaban J connectivity index is 1.56. The summed E-state index contributed by atoms with van der Waals surface area (Å²) in [6.45, 7) is 2.82. The highest BCUT2D eigenvalue weighted by Gasteiger charge is 2.51. The molecule has 32 heavy (non-hydrogen) atoms. The number of benzene rings is 1. The van der Waals surface area contributed by atoms with Gasteiger partial charge in [-0.2, -0.15) is 0 Å². The number of carbonyl (C=O) groups excluding carboxylic acids is 2. The maximum Gasteiger partial charge on any atom is 0.274 e. The van der Waals surface area contributed by atoms with Gasteiger partial charge in [-0.3, -0.25) is 14.9 Å². The SMILES string of the molecule is CCN1C(=O)C2=C(O)C(=O)C(C(O)NCc3ccc(F)c(Cl)c3F)CN2[C@H]2CCOC[C@H]21. The maximum atomic E-state index is 14.1. The number of ketones is 1. The van der Waals surface area contributed by atoms with Crippen LogP contribution in [0.4, 0.5) is 8.78 Å². The van der Waals surface area contributed by atoms with Gasteiger partial charge in [0, 0.05) is 31.8 Å². The quantitative estimate of drug-likeness (QED) is 0.439. The van der Waals surface area contributed by atoms with Gasteiger partial charge in [-0.05, 0) is 19.4 Å². The van der Waals surface area contributed by atoms with Crippen LogP contribution in [-0.2, 0) is 20.9 Å². The summed E-state index contributed by atoms with van der Waals surface area (Å²) in [6.07, 6.45) is -0.860. The van der Waals surface area contributed by atoms with Crippen molar-refractivity contribution in [1.29, 1.82) is 0 Å². The number of amides is 1. The average Bonchev–Trinajstić information content (AvgIpc) is 2.79. The van der Waals surface area contributed by atoms with Gasteiger partial charge in [0.15, 0.2) is 5.76 Å². The number of aliphatic hydroxyl groups is 2. The zero-order valence-electron chi connectivity index (χ0n) is 17.4. The standard InChI is InChI=1S/C21H24ClF2N3O5/c1-2-26-14-9-32-6-5-13(14)27-8-11(18(28)19(29)17(27)21(26)31)20(30)25-7-10-3-4-12(23)15(22)16(10)24/h3-4,11,13-14,20,25,29-30H,2,5-9H2,1H3/t11?,13-,14+,20?/m0/s1. The minimum Gasteiger partial charge on any atom is -0.503 e. The van der Waals surface area contributed by atoms with Crippen molar-refractivity contribution in [3.8, 4) is 0 Å². The fourth-order valence-electron chi connectivity index (χ4n) is 4.68. The second-order valence-corrected chi connectivity index (χ2v) is 8.45. The molecule has 1 aromatic rings. The molecule has 0 bridgehead atoms. The molecule has 0 spiro atoms. The molecule has 3 N–H and O–H groups in total. The monoisotopic (exact) mass is 471 g/mol. The lowest BCUT2D eigenvalue weighted by molar-refractivity contribution is -0.151. The fraction of sp³-hybridized carbons (Fsp3) is 0.524. The van der Waals surface area contributed by atoms with Crippen LogP contribution in [0, 0.1) is 17.6 Å². The first-order valence-electron chi connectivity index (χ1n) is 10.4. The van der Waals surface area contributed by atoms with Gasteiger partial charge in [-0.25, -0.2) is 8.78 Å². The molecule has 8 nitrogen and oxygen atoms in total. The summed E-state index contributed by atoms with van der Waals surface area (Å²) >= 11 is 5.58. The van der Waals surface area contributed by atoms with Gasteiger partial charge in [-0.1, -0.05) is 17.7 Å². The van der Waals surface area contributed by atoms with E-state index in [4.69, 9.17) is 16.3 Å². The average molecular weight is 472 g/mol. The number of fused-ring (bicyclic) bond motifs is 3. The third-order valence-electron chi connectivity index (χ3n) is 6.37. The number of hydrogen-bond donors (Lipinski definition) is 3. The minimum absolute atomic E-state index is 0.00348. The second kappa shape index (κ2) is 8.93. The number of Topliss-reactive ketones (excluding diaryl/α,β-unsaturated/α-hetero) is 1. The number of piperazine rings is 1. The van der Waals surface area contributed by atoms with Gasteiger partial charge in [0.05, 0.1) is 24.6 Å². The summed E-state index contributed by atoms with van der Waals surface area (Å²) in [5.41, 5.74) is -0.0461. The van der Waals surface area contributed by atoms with Crippen LogP contribution in [0.1, 0.15) is 18.9 Å². The number of hydrogen-bond acceptors (Lipinski definition) is 7. The van der Waals surface area contributed by atoms with Crippen molar-refractivity contribution in [2.75, 3.05) is 26.3 Å². The van der Waals surface area contributed by atoms with E-state index in [0.717, 1.165) is 6.07 Å². The molecule has 11 heteroatoms. The first-order valence-corrected chi connectivity index (χ1v) is 10.8. The Kier molecular flexibility index (Phi) is 6.39. The predicted molar refractivity (Wildman–Crippen MR) is 109 cm³/mol. The Bertz CT molecular complexity index is 975. The first-order chi connectivity index (χ1) is 15.3. The van der Waals surface area contributed by atoms with Gasteiger partial charge in [0.25, 0.3) is 5.91 Å². The summed E-state index contributed by atoms with van der Waals surface area (Å²) < 4.78 is 33.0. The molecule has 3 aliphatic rings. The van der Waals surface area contributed by atoms with Crippen LogP contribution in [0.5, 0.6) is 0 Å². The molecule has 1 aromatic carbocycles. The van der Waals surface area contributed by atoms with E-state index in [2.05, 4.69) is 5.32 Å². The highest BCUT2D eigenvalue weighted by atomic mass is 35.5. The molecule has 3 heterocycles. The molecule has 0 aliphatic carbocycles. The zero-order valence-corrected chi connectivity index (χ0v) is 18.1. The molecule has 0 saturated carbocycles. The predicted octanol–water partition coefficient (Wildman–Crippen LogP) is 1.32. The van der Waals surface area contributed by atoms with Crippen LogP contribution in [0.3, 0.4) is 0 Å². The van der Waals surface area contributed by atoms with Gasteiger partial charge in [0.1, 0.15) is 28.6 Å². The number of allylic oxidation sites excluding steroid dienone is 1. The van der Waals surface area contributed by atoms with E-state index in [1.165, 1.54) is 6.07 Å². The second-order valence-electron chi connectivity index (χ2n) is 8.07. The number of likely N-dealkylation sites (N-methyl/N-ethyl adjacent to an activating group) is 1. The Morgan fingerprint density at radius 1 is 1.31 bits per heavy atom. The molecule has 2 unspecified atom stereocenters. The molecular weight excluding hydrogens is 448 g/mol.